The van der Waals surface area contributed by atoms with Crippen molar-refractivity contribution in [1.82, 2.24) is 4.90 Å². The molecule has 0 spiro atoms. The van der Waals surface area contributed by atoms with Gasteiger partial charge in [-0.05, 0) is 41.8 Å². The summed E-state index contributed by atoms with van der Waals surface area (Å²) in [5.74, 6) is -0.276. The van der Waals surface area contributed by atoms with E-state index in [1.165, 1.54) is 6.08 Å². The maximum Gasteiger partial charge on any atom is 0.247 e. The zero-order chi connectivity index (χ0) is 20.3. The number of nitrogens with zero attached hydrogens (tertiary/aromatic N) is 1. The molecular formula is C20H18Cl3NO3S. The van der Waals surface area contributed by atoms with Crippen LogP contribution in [0.5, 0.6) is 0 Å². The molecule has 0 radical (unpaired) electrons. The molecule has 1 unspecified atom stereocenters. The SMILES string of the molecule is O=C(/C=C/c1ccccc1Cl)N(Cc1ccc(Cl)cc1Cl)C1CCS(=O)(=O)C1. The van der Waals surface area contributed by atoms with Crippen LogP contribution in [-0.2, 0) is 21.2 Å². The van der Waals surface area contributed by atoms with Crippen LogP contribution in [0.25, 0.3) is 6.08 Å². The molecule has 1 fully saturated rings. The first-order valence-electron chi connectivity index (χ1n) is 8.63. The van der Waals surface area contributed by atoms with Crippen LogP contribution in [0.3, 0.4) is 0 Å². The summed E-state index contributed by atoms with van der Waals surface area (Å²) < 4.78 is 23.9. The Morgan fingerprint density at radius 2 is 1.86 bits per heavy atom. The first kappa shape index (κ1) is 21.2. The maximum atomic E-state index is 12.9. The molecule has 3 rings (SSSR count). The summed E-state index contributed by atoms with van der Waals surface area (Å²) in [6, 6.07) is 11.8. The molecule has 0 aliphatic carbocycles. The van der Waals surface area contributed by atoms with Crippen molar-refractivity contribution in [3.8, 4) is 0 Å². The van der Waals surface area contributed by atoms with E-state index in [0.717, 1.165) is 0 Å². The Hall–Kier alpha value is -1.53. The lowest BCUT2D eigenvalue weighted by atomic mass is 10.1. The van der Waals surface area contributed by atoms with E-state index in [-0.39, 0.29) is 24.0 Å². The highest BCUT2D eigenvalue weighted by Crippen LogP contribution is 2.26. The molecule has 1 atom stereocenters. The summed E-state index contributed by atoms with van der Waals surface area (Å²) in [6.07, 6.45) is 3.44. The first-order chi connectivity index (χ1) is 13.2. The summed E-state index contributed by atoms with van der Waals surface area (Å²) in [6.45, 7) is 0.196. The molecule has 1 aliphatic heterocycles. The van der Waals surface area contributed by atoms with Gasteiger partial charge in [-0.2, -0.15) is 0 Å². The van der Waals surface area contributed by atoms with Crippen molar-refractivity contribution in [1.29, 1.82) is 0 Å². The molecule has 1 amide bonds. The van der Waals surface area contributed by atoms with Crippen LogP contribution < -0.4 is 0 Å². The van der Waals surface area contributed by atoms with Gasteiger partial charge in [0.15, 0.2) is 9.84 Å². The Balaban J connectivity index is 1.87. The molecule has 148 valence electrons. The number of amides is 1. The number of benzene rings is 2. The van der Waals surface area contributed by atoms with E-state index in [9.17, 15) is 13.2 Å². The van der Waals surface area contributed by atoms with E-state index in [2.05, 4.69) is 0 Å². The van der Waals surface area contributed by atoms with Gasteiger partial charge in [-0.3, -0.25) is 4.79 Å². The lowest BCUT2D eigenvalue weighted by molar-refractivity contribution is -0.128. The molecule has 0 saturated carbocycles. The third-order valence-corrected chi connectivity index (χ3v) is 7.28. The molecular weight excluding hydrogens is 441 g/mol. The lowest BCUT2D eigenvalue weighted by Crippen LogP contribution is -2.39. The van der Waals surface area contributed by atoms with Gasteiger partial charge in [0.05, 0.1) is 11.5 Å². The van der Waals surface area contributed by atoms with E-state index in [1.807, 2.05) is 6.07 Å². The first-order valence-corrected chi connectivity index (χ1v) is 11.6. The Morgan fingerprint density at radius 3 is 2.50 bits per heavy atom. The molecule has 0 bridgehead atoms. The van der Waals surface area contributed by atoms with Gasteiger partial charge in [0, 0.05) is 33.7 Å². The van der Waals surface area contributed by atoms with E-state index < -0.39 is 15.9 Å². The van der Waals surface area contributed by atoms with Gasteiger partial charge in [-0.1, -0.05) is 59.1 Å². The second-order valence-electron chi connectivity index (χ2n) is 6.61. The Bertz CT molecular complexity index is 1020. The minimum Gasteiger partial charge on any atom is -0.331 e. The van der Waals surface area contributed by atoms with Crippen LogP contribution in [0, 0.1) is 0 Å². The molecule has 8 heteroatoms. The molecule has 0 N–H and O–H groups in total. The van der Waals surface area contributed by atoms with E-state index in [1.54, 1.807) is 47.4 Å². The minimum atomic E-state index is -3.15. The zero-order valence-corrected chi connectivity index (χ0v) is 17.9. The number of sulfone groups is 1. The second-order valence-corrected chi connectivity index (χ2v) is 10.1. The number of carbonyl (C=O) groups excluding carboxylic acids is 1. The quantitative estimate of drug-likeness (QED) is 0.600. The van der Waals surface area contributed by atoms with Crippen LogP contribution in [0.4, 0.5) is 0 Å². The number of hydrogen-bond acceptors (Lipinski definition) is 3. The van der Waals surface area contributed by atoms with Crippen molar-refractivity contribution in [3.05, 3.63) is 74.7 Å². The fourth-order valence-corrected chi connectivity index (χ4v) is 5.51. The van der Waals surface area contributed by atoms with Gasteiger partial charge in [0.25, 0.3) is 0 Å². The average Bonchev–Trinajstić information content (AvgIpc) is 2.99. The Morgan fingerprint density at radius 1 is 1.11 bits per heavy atom. The monoisotopic (exact) mass is 457 g/mol. The predicted molar refractivity (Wildman–Crippen MR) is 115 cm³/mol. The molecule has 1 saturated heterocycles. The Labute approximate surface area is 179 Å². The molecule has 4 nitrogen and oxygen atoms in total. The molecule has 1 heterocycles. The summed E-state index contributed by atoms with van der Waals surface area (Å²) in [4.78, 5) is 14.5. The van der Waals surface area contributed by atoms with Crippen LogP contribution in [0.1, 0.15) is 17.5 Å². The van der Waals surface area contributed by atoms with Crippen molar-refractivity contribution < 1.29 is 13.2 Å². The van der Waals surface area contributed by atoms with Crippen LogP contribution in [-0.4, -0.2) is 36.8 Å². The molecule has 2 aromatic rings. The normalized spacial score (nSPS) is 18.5. The summed E-state index contributed by atoms with van der Waals surface area (Å²) in [7, 11) is -3.15. The molecule has 2 aromatic carbocycles. The van der Waals surface area contributed by atoms with Crippen molar-refractivity contribution in [2.45, 2.75) is 19.0 Å². The highest BCUT2D eigenvalue weighted by molar-refractivity contribution is 7.91. The fraction of sp³-hybridized carbons (Fsp3) is 0.250. The van der Waals surface area contributed by atoms with Crippen LogP contribution in [0.2, 0.25) is 15.1 Å². The molecule has 28 heavy (non-hydrogen) atoms. The third-order valence-electron chi connectivity index (χ3n) is 4.60. The van der Waals surface area contributed by atoms with Crippen LogP contribution in [0.15, 0.2) is 48.5 Å². The van der Waals surface area contributed by atoms with E-state index >= 15 is 0 Å². The third kappa shape index (κ3) is 5.29. The van der Waals surface area contributed by atoms with Gasteiger partial charge >= 0.3 is 0 Å². The predicted octanol–water partition coefficient (Wildman–Crippen LogP) is 4.88. The number of carbonyl (C=O) groups is 1. The smallest absolute Gasteiger partial charge is 0.247 e. The Kier molecular flexibility index (Phi) is 6.71. The van der Waals surface area contributed by atoms with Gasteiger partial charge in [0.2, 0.25) is 5.91 Å². The van der Waals surface area contributed by atoms with Gasteiger partial charge in [-0.25, -0.2) is 8.42 Å². The summed E-state index contributed by atoms with van der Waals surface area (Å²) in [5.41, 5.74) is 1.41. The topological polar surface area (TPSA) is 54.5 Å². The van der Waals surface area contributed by atoms with Crippen molar-refractivity contribution in [2.75, 3.05) is 11.5 Å². The summed E-state index contributed by atoms with van der Waals surface area (Å²) in [5, 5.41) is 1.46. The number of hydrogen-bond donors (Lipinski definition) is 0. The number of halogens is 3. The standard InChI is InChI=1S/C20H18Cl3NO3S/c21-16-7-5-15(19(23)11-16)12-24(17-9-10-28(26,27)13-17)20(25)8-6-14-3-1-2-4-18(14)22/h1-8,11,17H,9-10,12-13H2/b8-6+. The largest absolute Gasteiger partial charge is 0.331 e. The van der Waals surface area contributed by atoms with E-state index in [0.29, 0.717) is 32.6 Å². The maximum absolute atomic E-state index is 12.9. The average molecular weight is 459 g/mol. The van der Waals surface area contributed by atoms with Crippen molar-refractivity contribution in [2.24, 2.45) is 0 Å². The van der Waals surface area contributed by atoms with Gasteiger partial charge in [0.1, 0.15) is 0 Å². The van der Waals surface area contributed by atoms with Gasteiger partial charge in [-0.15, -0.1) is 0 Å². The van der Waals surface area contributed by atoms with Gasteiger partial charge < -0.3 is 4.90 Å². The number of rotatable bonds is 5. The highest BCUT2D eigenvalue weighted by Gasteiger charge is 2.34. The van der Waals surface area contributed by atoms with Crippen LogP contribution >= 0.6 is 34.8 Å². The van der Waals surface area contributed by atoms with Crippen molar-refractivity contribution in [3.63, 3.8) is 0 Å². The van der Waals surface area contributed by atoms with E-state index in [4.69, 9.17) is 34.8 Å². The minimum absolute atomic E-state index is 0.0517. The molecule has 0 aromatic heterocycles. The molecule has 1 aliphatic rings. The lowest BCUT2D eigenvalue weighted by Gasteiger charge is -2.27. The summed E-state index contributed by atoms with van der Waals surface area (Å²) >= 11 is 18.3. The second kappa shape index (κ2) is 8.87. The fourth-order valence-electron chi connectivity index (χ4n) is 3.11. The van der Waals surface area contributed by atoms with Crippen molar-refractivity contribution >= 4 is 56.6 Å². The highest BCUT2D eigenvalue weighted by atomic mass is 35.5. The zero-order valence-electron chi connectivity index (χ0n) is 14.8.